The summed E-state index contributed by atoms with van der Waals surface area (Å²) in [6.07, 6.45) is 0. The first-order valence-corrected chi connectivity index (χ1v) is 6.20. The molecule has 1 radical (unpaired) electrons. The van der Waals surface area contributed by atoms with Crippen LogP contribution >= 0.6 is 0 Å². The van der Waals surface area contributed by atoms with Crippen molar-refractivity contribution in [3.05, 3.63) is 64.2 Å². The average molecular weight is 272 g/mol. The SMILES string of the molecule is CCOc1ccc(COc2[c]c([N+](=O)[O-])ccc2)cc1. The van der Waals surface area contributed by atoms with E-state index in [0.29, 0.717) is 19.0 Å². The predicted octanol–water partition coefficient (Wildman–Crippen LogP) is 3.37. The van der Waals surface area contributed by atoms with E-state index in [1.165, 1.54) is 6.07 Å². The molecule has 2 rings (SSSR count). The molecule has 0 N–H and O–H groups in total. The van der Waals surface area contributed by atoms with Crippen LogP contribution < -0.4 is 9.47 Å². The Hall–Kier alpha value is -2.56. The highest BCUT2D eigenvalue weighted by Gasteiger charge is 2.07. The van der Waals surface area contributed by atoms with Crippen molar-refractivity contribution in [2.45, 2.75) is 13.5 Å². The largest absolute Gasteiger partial charge is 0.494 e. The Bertz CT molecular complexity index is 581. The molecule has 0 heterocycles. The second-order valence-electron chi connectivity index (χ2n) is 4.02. The number of rotatable bonds is 6. The topological polar surface area (TPSA) is 61.6 Å². The first kappa shape index (κ1) is 13.9. The van der Waals surface area contributed by atoms with E-state index in [1.807, 2.05) is 31.2 Å². The van der Waals surface area contributed by atoms with Crippen molar-refractivity contribution in [3.63, 3.8) is 0 Å². The number of ether oxygens (including phenoxy) is 2. The zero-order valence-electron chi connectivity index (χ0n) is 11.0. The van der Waals surface area contributed by atoms with Crippen LogP contribution in [0.25, 0.3) is 0 Å². The maximum absolute atomic E-state index is 10.6. The number of non-ortho nitro benzene ring substituents is 1. The normalized spacial score (nSPS) is 10.1. The Morgan fingerprint density at radius 1 is 1.15 bits per heavy atom. The van der Waals surface area contributed by atoms with Crippen LogP contribution in [0.15, 0.2) is 42.5 Å². The summed E-state index contributed by atoms with van der Waals surface area (Å²) >= 11 is 0. The van der Waals surface area contributed by atoms with Gasteiger partial charge < -0.3 is 9.47 Å². The van der Waals surface area contributed by atoms with Gasteiger partial charge in [-0.1, -0.05) is 18.2 Å². The Balaban J connectivity index is 1.97. The van der Waals surface area contributed by atoms with Crippen LogP contribution in [0.2, 0.25) is 0 Å². The van der Waals surface area contributed by atoms with Gasteiger partial charge in [0.15, 0.2) is 0 Å². The molecule has 0 fully saturated rings. The number of nitro benzene ring substituents is 1. The fourth-order valence-electron chi connectivity index (χ4n) is 1.64. The number of nitrogens with zero attached hydrogens (tertiary/aromatic N) is 1. The van der Waals surface area contributed by atoms with E-state index in [2.05, 4.69) is 6.07 Å². The van der Waals surface area contributed by atoms with Gasteiger partial charge >= 0.3 is 0 Å². The zero-order valence-corrected chi connectivity index (χ0v) is 11.0. The minimum atomic E-state index is -0.496. The molecule has 0 aliphatic carbocycles. The smallest absolute Gasteiger partial charge is 0.281 e. The fraction of sp³-hybridized carbons (Fsp3) is 0.200. The van der Waals surface area contributed by atoms with Crippen molar-refractivity contribution in [1.82, 2.24) is 0 Å². The van der Waals surface area contributed by atoms with Crippen LogP contribution in [-0.4, -0.2) is 11.5 Å². The Morgan fingerprint density at radius 2 is 1.90 bits per heavy atom. The molecule has 0 unspecified atom stereocenters. The maximum atomic E-state index is 10.6. The lowest BCUT2D eigenvalue weighted by molar-refractivity contribution is -0.385. The van der Waals surface area contributed by atoms with Gasteiger partial charge in [0.2, 0.25) is 0 Å². The molecule has 0 atom stereocenters. The van der Waals surface area contributed by atoms with Crippen LogP contribution in [-0.2, 0) is 6.61 Å². The molecule has 0 saturated heterocycles. The molecule has 0 aromatic heterocycles. The third kappa shape index (κ3) is 3.71. The van der Waals surface area contributed by atoms with E-state index in [-0.39, 0.29) is 5.69 Å². The molecule has 0 bridgehead atoms. The van der Waals surface area contributed by atoms with Crippen LogP contribution in [0, 0.1) is 16.2 Å². The Kier molecular flexibility index (Phi) is 4.55. The van der Waals surface area contributed by atoms with Crippen molar-refractivity contribution in [3.8, 4) is 11.5 Å². The Labute approximate surface area is 116 Å². The molecule has 0 amide bonds. The van der Waals surface area contributed by atoms with Gasteiger partial charge in [0.25, 0.3) is 5.69 Å². The van der Waals surface area contributed by atoms with Gasteiger partial charge in [-0.05, 0) is 30.7 Å². The van der Waals surface area contributed by atoms with E-state index >= 15 is 0 Å². The number of hydrogen-bond acceptors (Lipinski definition) is 4. The van der Waals surface area contributed by atoms with Gasteiger partial charge in [0, 0.05) is 6.07 Å². The van der Waals surface area contributed by atoms with E-state index in [1.54, 1.807) is 12.1 Å². The van der Waals surface area contributed by atoms with Crippen LogP contribution in [0.5, 0.6) is 11.5 Å². The standard InChI is InChI=1S/C15H14NO4/c1-2-19-14-8-6-12(7-9-14)11-20-15-5-3-4-13(10-15)16(17)18/h3-9H,2,11H2,1H3. The van der Waals surface area contributed by atoms with Crippen molar-refractivity contribution in [2.75, 3.05) is 6.61 Å². The van der Waals surface area contributed by atoms with Crippen molar-refractivity contribution < 1.29 is 14.4 Å². The number of benzene rings is 2. The summed E-state index contributed by atoms with van der Waals surface area (Å²) in [6.45, 7) is 2.87. The first-order chi connectivity index (χ1) is 9.69. The molecule has 5 nitrogen and oxygen atoms in total. The molecule has 5 heteroatoms. The van der Waals surface area contributed by atoms with Gasteiger partial charge in [-0.3, -0.25) is 10.1 Å². The molecule has 0 saturated carbocycles. The van der Waals surface area contributed by atoms with Gasteiger partial charge in [0.05, 0.1) is 11.5 Å². The van der Waals surface area contributed by atoms with Crippen molar-refractivity contribution in [2.24, 2.45) is 0 Å². The molecule has 0 aliphatic rings. The molecule has 2 aromatic rings. The minimum Gasteiger partial charge on any atom is -0.494 e. The molecule has 20 heavy (non-hydrogen) atoms. The number of nitro groups is 1. The third-order valence-electron chi connectivity index (χ3n) is 2.58. The molecular weight excluding hydrogens is 258 g/mol. The highest BCUT2D eigenvalue weighted by Crippen LogP contribution is 2.19. The monoisotopic (exact) mass is 272 g/mol. The summed E-state index contributed by atoms with van der Waals surface area (Å²) in [7, 11) is 0. The lowest BCUT2D eigenvalue weighted by Crippen LogP contribution is -1.97. The van der Waals surface area contributed by atoms with E-state index < -0.39 is 4.92 Å². The van der Waals surface area contributed by atoms with Crippen LogP contribution in [0.4, 0.5) is 5.69 Å². The molecule has 2 aromatic carbocycles. The minimum absolute atomic E-state index is 0.103. The average Bonchev–Trinajstić information content (AvgIpc) is 2.47. The molecule has 0 aliphatic heterocycles. The Morgan fingerprint density at radius 3 is 2.55 bits per heavy atom. The fourth-order valence-corrected chi connectivity index (χ4v) is 1.64. The van der Waals surface area contributed by atoms with E-state index in [9.17, 15) is 10.1 Å². The molecular formula is C15H14NO4. The lowest BCUT2D eigenvalue weighted by atomic mass is 10.2. The van der Waals surface area contributed by atoms with Gasteiger partial charge in [0.1, 0.15) is 24.2 Å². The highest BCUT2D eigenvalue weighted by molar-refractivity contribution is 5.36. The summed E-state index contributed by atoms with van der Waals surface area (Å²) in [4.78, 5) is 10.1. The first-order valence-electron chi connectivity index (χ1n) is 6.20. The zero-order chi connectivity index (χ0) is 14.4. The van der Waals surface area contributed by atoms with Crippen molar-refractivity contribution in [1.29, 1.82) is 0 Å². The second-order valence-corrected chi connectivity index (χ2v) is 4.02. The number of hydrogen-bond donors (Lipinski definition) is 0. The summed E-state index contributed by atoms with van der Waals surface area (Å²) < 4.78 is 10.8. The summed E-state index contributed by atoms with van der Waals surface area (Å²) in [5.74, 6) is 1.16. The van der Waals surface area contributed by atoms with Gasteiger partial charge in [-0.2, -0.15) is 0 Å². The van der Waals surface area contributed by atoms with Gasteiger partial charge in [-0.15, -0.1) is 0 Å². The van der Waals surface area contributed by atoms with E-state index in [0.717, 1.165) is 11.3 Å². The lowest BCUT2D eigenvalue weighted by Gasteiger charge is -2.07. The van der Waals surface area contributed by atoms with Crippen LogP contribution in [0.3, 0.4) is 0 Å². The molecule has 103 valence electrons. The molecule has 0 spiro atoms. The highest BCUT2D eigenvalue weighted by atomic mass is 16.6. The quantitative estimate of drug-likeness (QED) is 0.597. The summed E-state index contributed by atoms with van der Waals surface area (Å²) in [6, 6.07) is 14.7. The van der Waals surface area contributed by atoms with Crippen molar-refractivity contribution >= 4 is 5.69 Å². The third-order valence-corrected chi connectivity index (χ3v) is 2.58. The predicted molar refractivity (Wildman–Crippen MR) is 73.9 cm³/mol. The van der Waals surface area contributed by atoms with E-state index in [4.69, 9.17) is 9.47 Å². The van der Waals surface area contributed by atoms with Crippen LogP contribution in [0.1, 0.15) is 12.5 Å². The summed E-state index contributed by atoms with van der Waals surface area (Å²) in [5, 5.41) is 10.6. The second kappa shape index (κ2) is 6.56. The summed E-state index contributed by atoms with van der Waals surface area (Å²) in [5.41, 5.74) is 0.850. The van der Waals surface area contributed by atoms with Gasteiger partial charge in [-0.25, -0.2) is 0 Å². The maximum Gasteiger partial charge on any atom is 0.281 e.